The number of aryl methyl sites for hydroxylation is 1. The van der Waals surface area contributed by atoms with E-state index in [9.17, 15) is 4.79 Å². The normalized spacial score (nSPS) is 12.8. The van der Waals surface area contributed by atoms with Gasteiger partial charge in [0.15, 0.2) is 0 Å². The molecular weight excluding hydrogens is 202 g/mol. The van der Waals surface area contributed by atoms with Crippen LogP contribution in [0.3, 0.4) is 0 Å². The Labute approximate surface area is 96.9 Å². The Bertz CT molecular complexity index is 306. The van der Waals surface area contributed by atoms with E-state index in [2.05, 4.69) is 29.1 Å². The van der Waals surface area contributed by atoms with E-state index in [1.54, 1.807) is 6.20 Å². The Hall–Kier alpha value is -1.32. The first-order valence-corrected chi connectivity index (χ1v) is 5.87. The maximum atomic E-state index is 11.6. The van der Waals surface area contributed by atoms with E-state index in [1.165, 1.54) is 0 Å². The lowest BCUT2D eigenvalue weighted by molar-refractivity contribution is -0.125. The van der Waals surface area contributed by atoms with Crippen LogP contribution in [0.15, 0.2) is 12.4 Å². The van der Waals surface area contributed by atoms with E-state index in [4.69, 9.17) is 0 Å². The number of H-pyrrole nitrogens is 1. The van der Waals surface area contributed by atoms with Gasteiger partial charge in [-0.05, 0) is 12.3 Å². The van der Waals surface area contributed by atoms with Crippen molar-refractivity contribution < 1.29 is 4.79 Å². The molecule has 0 spiro atoms. The molecule has 1 amide bonds. The smallest absolute Gasteiger partial charge is 0.223 e. The number of nitrogens with zero attached hydrogens (tertiary/aromatic N) is 1. The molecule has 4 heteroatoms. The lowest BCUT2D eigenvalue weighted by atomic mass is 9.97. The van der Waals surface area contributed by atoms with Crippen molar-refractivity contribution in [1.82, 2.24) is 15.3 Å². The standard InChI is InChI=1S/C12H21N3O/c1-9(2)10(3)12(16)15-6-4-5-11-13-7-8-14-11/h7-10H,4-6H2,1-3H3,(H,13,14)(H,15,16). The predicted octanol–water partition coefficient (Wildman–Crippen LogP) is 1.75. The molecule has 0 radical (unpaired) electrons. The highest BCUT2D eigenvalue weighted by molar-refractivity contribution is 5.78. The minimum absolute atomic E-state index is 0.0867. The molecule has 2 N–H and O–H groups in total. The Balaban J connectivity index is 2.13. The monoisotopic (exact) mass is 223 g/mol. The summed E-state index contributed by atoms with van der Waals surface area (Å²) in [6.07, 6.45) is 5.36. The fraction of sp³-hybridized carbons (Fsp3) is 0.667. The van der Waals surface area contributed by atoms with Crippen molar-refractivity contribution >= 4 is 5.91 Å². The van der Waals surface area contributed by atoms with Crippen LogP contribution < -0.4 is 5.32 Å². The van der Waals surface area contributed by atoms with Gasteiger partial charge in [0.05, 0.1) is 0 Å². The van der Waals surface area contributed by atoms with Crippen LogP contribution in [0.1, 0.15) is 33.0 Å². The quantitative estimate of drug-likeness (QED) is 0.722. The van der Waals surface area contributed by atoms with Crippen molar-refractivity contribution in [3.8, 4) is 0 Å². The molecule has 1 aromatic heterocycles. The molecule has 0 aromatic carbocycles. The first-order valence-electron chi connectivity index (χ1n) is 5.87. The molecule has 0 bridgehead atoms. The Morgan fingerprint density at radius 3 is 2.81 bits per heavy atom. The summed E-state index contributed by atoms with van der Waals surface area (Å²) in [6.45, 7) is 6.81. The van der Waals surface area contributed by atoms with Crippen molar-refractivity contribution in [2.45, 2.75) is 33.6 Å². The first-order chi connectivity index (χ1) is 7.61. The SMILES string of the molecule is CC(C)C(C)C(=O)NCCCc1ncc[nH]1. The minimum Gasteiger partial charge on any atom is -0.356 e. The maximum absolute atomic E-state index is 11.6. The van der Waals surface area contributed by atoms with Gasteiger partial charge in [0.2, 0.25) is 5.91 Å². The lowest BCUT2D eigenvalue weighted by Crippen LogP contribution is -2.32. The number of hydrogen-bond donors (Lipinski definition) is 2. The number of imidazole rings is 1. The van der Waals surface area contributed by atoms with Gasteiger partial charge >= 0.3 is 0 Å². The largest absolute Gasteiger partial charge is 0.356 e. The lowest BCUT2D eigenvalue weighted by Gasteiger charge is -2.14. The molecule has 1 unspecified atom stereocenters. The Kier molecular flexibility index (Phi) is 5.02. The number of carbonyl (C=O) groups is 1. The zero-order chi connectivity index (χ0) is 12.0. The Morgan fingerprint density at radius 1 is 1.50 bits per heavy atom. The van der Waals surface area contributed by atoms with Gasteiger partial charge in [0, 0.05) is 31.3 Å². The van der Waals surface area contributed by atoms with Gasteiger partial charge in [-0.25, -0.2) is 4.98 Å². The highest BCUT2D eigenvalue weighted by Crippen LogP contribution is 2.08. The third-order valence-corrected chi connectivity index (χ3v) is 2.86. The molecular formula is C12H21N3O. The van der Waals surface area contributed by atoms with E-state index in [-0.39, 0.29) is 11.8 Å². The van der Waals surface area contributed by atoms with Crippen molar-refractivity contribution in [1.29, 1.82) is 0 Å². The summed E-state index contributed by atoms with van der Waals surface area (Å²) < 4.78 is 0. The molecule has 0 fully saturated rings. The van der Waals surface area contributed by atoms with Crippen molar-refractivity contribution in [3.05, 3.63) is 18.2 Å². The second kappa shape index (κ2) is 6.30. The third-order valence-electron chi connectivity index (χ3n) is 2.86. The number of nitrogens with one attached hydrogen (secondary N) is 2. The molecule has 16 heavy (non-hydrogen) atoms. The average Bonchev–Trinajstić information content (AvgIpc) is 2.75. The molecule has 0 aliphatic heterocycles. The molecule has 0 aliphatic rings. The molecule has 1 heterocycles. The second-order valence-corrected chi connectivity index (χ2v) is 4.46. The van der Waals surface area contributed by atoms with E-state index in [0.717, 1.165) is 25.2 Å². The van der Waals surface area contributed by atoms with Gasteiger partial charge in [0.25, 0.3) is 0 Å². The zero-order valence-electron chi connectivity index (χ0n) is 10.3. The van der Waals surface area contributed by atoms with Crippen LogP contribution in [0, 0.1) is 11.8 Å². The molecule has 0 saturated carbocycles. The number of amides is 1. The predicted molar refractivity (Wildman–Crippen MR) is 63.9 cm³/mol. The van der Waals surface area contributed by atoms with Crippen molar-refractivity contribution in [3.63, 3.8) is 0 Å². The number of rotatable bonds is 6. The van der Waals surface area contributed by atoms with Crippen LogP contribution in [0.2, 0.25) is 0 Å². The topological polar surface area (TPSA) is 57.8 Å². The fourth-order valence-electron chi connectivity index (χ4n) is 1.37. The zero-order valence-corrected chi connectivity index (χ0v) is 10.3. The van der Waals surface area contributed by atoms with Crippen molar-refractivity contribution in [2.24, 2.45) is 11.8 Å². The van der Waals surface area contributed by atoms with Crippen LogP contribution in [0.4, 0.5) is 0 Å². The molecule has 90 valence electrons. The van der Waals surface area contributed by atoms with Gasteiger partial charge in [-0.15, -0.1) is 0 Å². The van der Waals surface area contributed by atoms with Crippen LogP contribution in [0.25, 0.3) is 0 Å². The molecule has 1 atom stereocenters. The third kappa shape index (κ3) is 4.04. The van der Waals surface area contributed by atoms with Crippen LogP contribution >= 0.6 is 0 Å². The summed E-state index contributed by atoms with van der Waals surface area (Å²) in [4.78, 5) is 18.8. The summed E-state index contributed by atoms with van der Waals surface area (Å²) in [5.74, 6) is 1.61. The van der Waals surface area contributed by atoms with E-state index in [1.807, 2.05) is 13.1 Å². The van der Waals surface area contributed by atoms with E-state index < -0.39 is 0 Å². The Morgan fingerprint density at radius 2 is 2.25 bits per heavy atom. The van der Waals surface area contributed by atoms with Gasteiger partial charge in [-0.1, -0.05) is 20.8 Å². The summed E-state index contributed by atoms with van der Waals surface area (Å²) in [5, 5.41) is 2.95. The summed E-state index contributed by atoms with van der Waals surface area (Å²) in [7, 11) is 0. The second-order valence-electron chi connectivity index (χ2n) is 4.46. The average molecular weight is 223 g/mol. The highest BCUT2D eigenvalue weighted by atomic mass is 16.1. The van der Waals surface area contributed by atoms with Crippen molar-refractivity contribution in [2.75, 3.05) is 6.54 Å². The van der Waals surface area contributed by atoms with Gasteiger partial charge in [-0.2, -0.15) is 0 Å². The molecule has 1 aromatic rings. The van der Waals surface area contributed by atoms with Crippen LogP contribution in [0.5, 0.6) is 0 Å². The molecule has 0 aliphatic carbocycles. The summed E-state index contributed by atoms with van der Waals surface area (Å²) >= 11 is 0. The summed E-state index contributed by atoms with van der Waals surface area (Å²) in [6, 6.07) is 0. The molecule has 0 saturated heterocycles. The van der Waals surface area contributed by atoms with Gasteiger partial charge in [0.1, 0.15) is 5.82 Å². The molecule has 4 nitrogen and oxygen atoms in total. The number of carbonyl (C=O) groups excluding carboxylic acids is 1. The highest BCUT2D eigenvalue weighted by Gasteiger charge is 2.15. The molecule has 1 rings (SSSR count). The number of aromatic nitrogens is 2. The van der Waals surface area contributed by atoms with Crippen LogP contribution in [-0.4, -0.2) is 22.4 Å². The fourth-order valence-corrected chi connectivity index (χ4v) is 1.37. The van der Waals surface area contributed by atoms with Gasteiger partial charge < -0.3 is 10.3 Å². The van der Waals surface area contributed by atoms with Crippen LogP contribution in [-0.2, 0) is 11.2 Å². The maximum Gasteiger partial charge on any atom is 0.223 e. The van der Waals surface area contributed by atoms with E-state index >= 15 is 0 Å². The first kappa shape index (κ1) is 12.7. The van der Waals surface area contributed by atoms with E-state index in [0.29, 0.717) is 5.92 Å². The summed E-state index contributed by atoms with van der Waals surface area (Å²) in [5.41, 5.74) is 0. The van der Waals surface area contributed by atoms with Gasteiger partial charge in [-0.3, -0.25) is 4.79 Å². The number of aromatic amines is 1. The minimum atomic E-state index is 0.0867. The number of hydrogen-bond acceptors (Lipinski definition) is 2.